The highest BCUT2D eigenvalue weighted by Crippen LogP contribution is 2.47. The van der Waals surface area contributed by atoms with E-state index in [4.69, 9.17) is 4.74 Å². The topological polar surface area (TPSA) is 76.5 Å². The van der Waals surface area contributed by atoms with Gasteiger partial charge in [0.25, 0.3) is 0 Å². The van der Waals surface area contributed by atoms with Crippen LogP contribution in [0.4, 0.5) is 0 Å². The van der Waals surface area contributed by atoms with Crippen molar-refractivity contribution in [2.24, 2.45) is 35.0 Å². The second-order valence-electron chi connectivity index (χ2n) is 11.5. The molecule has 1 aromatic rings. The summed E-state index contributed by atoms with van der Waals surface area (Å²) in [5.74, 6) is 1.35. The molecule has 1 aromatic heterocycles. The van der Waals surface area contributed by atoms with Gasteiger partial charge in [-0.05, 0) is 62.0 Å². The van der Waals surface area contributed by atoms with Crippen molar-refractivity contribution in [1.82, 2.24) is 4.98 Å². The van der Waals surface area contributed by atoms with Crippen LogP contribution in [0.3, 0.4) is 0 Å². The number of hydrogen-bond acceptors (Lipinski definition) is 6. The first kappa shape index (κ1) is 27.1. The van der Waals surface area contributed by atoms with Gasteiger partial charge >= 0.3 is 5.97 Å². The molecular weight excluding hydrogens is 446 g/mol. The molecule has 0 aromatic carbocycles. The van der Waals surface area contributed by atoms with Crippen molar-refractivity contribution in [1.29, 1.82) is 0 Å². The maximum atomic E-state index is 13.3. The van der Waals surface area contributed by atoms with Crippen molar-refractivity contribution in [3.05, 3.63) is 21.7 Å². The summed E-state index contributed by atoms with van der Waals surface area (Å²) in [6.07, 6.45) is 5.89. The van der Waals surface area contributed by atoms with E-state index in [1.807, 2.05) is 32.2 Å². The Hall–Kier alpha value is -1.53. The van der Waals surface area contributed by atoms with E-state index in [0.717, 1.165) is 35.5 Å². The number of Topliss-reactive ketones (excluding diaryl/α,β-unsaturated/α-hetero) is 1. The van der Waals surface area contributed by atoms with E-state index in [-0.39, 0.29) is 30.1 Å². The fourth-order valence-electron chi connectivity index (χ4n) is 5.39. The van der Waals surface area contributed by atoms with Gasteiger partial charge in [-0.1, -0.05) is 53.9 Å². The Kier molecular flexibility index (Phi) is 8.78. The molecule has 7 atom stereocenters. The Morgan fingerprint density at radius 1 is 1.18 bits per heavy atom. The second-order valence-corrected chi connectivity index (χ2v) is 12.6. The maximum Gasteiger partial charge on any atom is 0.309 e. The quantitative estimate of drug-likeness (QED) is 0.498. The molecule has 2 aliphatic rings. The first-order valence-electron chi connectivity index (χ1n) is 12.9. The van der Waals surface area contributed by atoms with E-state index in [1.54, 1.807) is 25.2 Å². The number of hydrogen-bond donors (Lipinski definition) is 1. The average molecular weight is 490 g/mol. The molecule has 1 saturated carbocycles. The largest absolute Gasteiger partial charge is 0.458 e. The van der Waals surface area contributed by atoms with E-state index in [2.05, 4.69) is 18.8 Å². The zero-order valence-electron chi connectivity index (χ0n) is 22.0. The molecule has 0 spiro atoms. The summed E-state index contributed by atoms with van der Waals surface area (Å²) >= 11 is 1.60. The smallest absolute Gasteiger partial charge is 0.309 e. The van der Waals surface area contributed by atoms with Crippen LogP contribution in [0.25, 0.3) is 6.08 Å². The minimum Gasteiger partial charge on any atom is -0.458 e. The summed E-state index contributed by atoms with van der Waals surface area (Å²) in [6.45, 7) is 13.9. The van der Waals surface area contributed by atoms with Crippen molar-refractivity contribution in [2.45, 2.75) is 99.2 Å². The molecule has 34 heavy (non-hydrogen) atoms. The number of carbonyl (C=O) groups is 2. The molecule has 5 nitrogen and oxygen atoms in total. The molecule has 0 bridgehead atoms. The molecule has 1 saturated heterocycles. The van der Waals surface area contributed by atoms with Crippen LogP contribution in [0, 0.1) is 41.9 Å². The number of aliphatic hydroxyl groups is 1. The van der Waals surface area contributed by atoms with E-state index < -0.39 is 17.5 Å². The van der Waals surface area contributed by atoms with Gasteiger partial charge in [0.1, 0.15) is 11.9 Å². The van der Waals surface area contributed by atoms with Gasteiger partial charge < -0.3 is 9.84 Å². The van der Waals surface area contributed by atoms with Crippen molar-refractivity contribution in [3.63, 3.8) is 0 Å². The molecule has 190 valence electrons. The molecule has 0 amide bonds. The summed E-state index contributed by atoms with van der Waals surface area (Å²) in [5.41, 5.74) is 0.856. The molecule has 2 fully saturated rings. The molecule has 1 aliphatic heterocycles. The number of esters is 1. The van der Waals surface area contributed by atoms with Crippen molar-refractivity contribution in [3.8, 4) is 0 Å². The van der Waals surface area contributed by atoms with E-state index in [9.17, 15) is 14.7 Å². The Bertz CT molecular complexity index is 904. The molecule has 1 aliphatic carbocycles. The maximum absolute atomic E-state index is 13.3. The predicted molar refractivity (Wildman–Crippen MR) is 137 cm³/mol. The average Bonchev–Trinajstić information content (AvgIpc) is 3.38. The number of carbonyl (C=O) groups excluding carboxylic acids is 2. The highest BCUT2D eigenvalue weighted by Gasteiger charge is 2.43. The first-order valence-corrected chi connectivity index (χ1v) is 13.8. The third-order valence-corrected chi connectivity index (χ3v) is 9.33. The third kappa shape index (κ3) is 6.57. The minimum absolute atomic E-state index is 0.0213. The lowest BCUT2D eigenvalue weighted by Crippen LogP contribution is -2.44. The number of aliphatic hydroxyl groups excluding tert-OH is 1. The van der Waals surface area contributed by atoms with Crippen LogP contribution in [-0.2, 0) is 14.3 Å². The number of aryl methyl sites for hydroxylation is 1. The highest BCUT2D eigenvalue weighted by molar-refractivity contribution is 7.09. The summed E-state index contributed by atoms with van der Waals surface area (Å²) in [4.78, 5) is 30.8. The van der Waals surface area contributed by atoms with Gasteiger partial charge in [-0.2, -0.15) is 0 Å². The summed E-state index contributed by atoms with van der Waals surface area (Å²) in [5, 5.41) is 14.0. The number of thiazole rings is 1. The summed E-state index contributed by atoms with van der Waals surface area (Å²) < 4.78 is 5.95. The number of ether oxygens (including phenoxy) is 1. The molecule has 6 heteroatoms. The molecule has 2 heterocycles. The van der Waals surface area contributed by atoms with Crippen LogP contribution in [0.1, 0.15) is 90.8 Å². The Morgan fingerprint density at radius 3 is 2.53 bits per heavy atom. The summed E-state index contributed by atoms with van der Waals surface area (Å²) in [6, 6.07) is 0. The van der Waals surface area contributed by atoms with Crippen LogP contribution in [0.5, 0.6) is 0 Å². The number of aromatic nitrogens is 1. The van der Waals surface area contributed by atoms with Crippen LogP contribution in [0.15, 0.2) is 11.0 Å². The number of rotatable bonds is 2. The predicted octanol–water partition coefficient (Wildman–Crippen LogP) is 6.23. The molecule has 7 unspecified atom stereocenters. The van der Waals surface area contributed by atoms with Gasteiger partial charge in [0.15, 0.2) is 0 Å². The van der Waals surface area contributed by atoms with Gasteiger partial charge in [-0.15, -0.1) is 11.3 Å². The Labute approximate surface area is 209 Å². The van der Waals surface area contributed by atoms with Crippen LogP contribution >= 0.6 is 11.3 Å². The van der Waals surface area contributed by atoms with Crippen molar-refractivity contribution >= 4 is 29.2 Å². The Morgan fingerprint density at radius 2 is 1.88 bits per heavy atom. The lowest BCUT2D eigenvalue weighted by molar-refractivity contribution is -0.154. The number of ketones is 1. The van der Waals surface area contributed by atoms with Crippen LogP contribution < -0.4 is 0 Å². The zero-order valence-corrected chi connectivity index (χ0v) is 22.8. The number of nitrogens with zero attached hydrogens (tertiary/aromatic N) is 1. The van der Waals surface area contributed by atoms with E-state index in [1.165, 1.54) is 12.8 Å². The van der Waals surface area contributed by atoms with Crippen molar-refractivity contribution < 1.29 is 19.4 Å². The fourth-order valence-corrected chi connectivity index (χ4v) is 5.96. The van der Waals surface area contributed by atoms with Crippen molar-refractivity contribution in [2.75, 3.05) is 0 Å². The normalized spacial score (nSPS) is 36.0. The zero-order chi connectivity index (χ0) is 25.2. The first-order chi connectivity index (χ1) is 15.9. The highest BCUT2D eigenvalue weighted by atomic mass is 32.1. The molecular formula is C28H43NO4S. The van der Waals surface area contributed by atoms with Crippen LogP contribution in [-0.4, -0.2) is 34.1 Å². The lowest BCUT2D eigenvalue weighted by Gasteiger charge is -2.35. The van der Waals surface area contributed by atoms with E-state index >= 15 is 0 Å². The molecule has 1 N–H and O–H groups in total. The second kappa shape index (κ2) is 11.0. The lowest BCUT2D eigenvalue weighted by atomic mass is 9.70. The molecule has 0 radical (unpaired) electrons. The Balaban J connectivity index is 1.81. The third-order valence-electron chi connectivity index (χ3n) is 8.54. The monoisotopic (exact) mass is 489 g/mol. The minimum atomic E-state index is -1.08. The van der Waals surface area contributed by atoms with Gasteiger partial charge in [-0.3, -0.25) is 9.59 Å². The number of fused-ring (bicyclic) bond motifs is 1. The standard InChI is InChI=1S/C28H43NO4S/c1-16-9-8-10-21-12-22(21)13-24(17(2)11-23-15-34-20(5)29-23)33-26(31)14-25(30)28(6,7)27(32)19(4)18(16)3/h11,15-16,18-19,21-22,24-25,30H,8-10,12-14H2,1-7H3/b17-11+. The fraction of sp³-hybridized carbons (Fsp3) is 0.750. The SMILES string of the molecule is C/C(=C\c1csc(C)n1)C1CC2CC2CCCC(C)C(C)C(C)C(=O)C(C)(C)C(O)CC(=O)O1. The van der Waals surface area contributed by atoms with Gasteiger partial charge in [-0.25, -0.2) is 4.98 Å². The number of cyclic esters (lactones) is 1. The molecule has 3 rings (SSSR count). The van der Waals surface area contributed by atoms with Gasteiger partial charge in [0.2, 0.25) is 0 Å². The van der Waals surface area contributed by atoms with Gasteiger partial charge in [0.05, 0.1) is 28.6 Å². The van der Waals surface area contributed by atoms with Gasteiger partial charge in [0, 0.05) is 11.3 Å². The van der Waals surface area contributed by atoms with Crippen LogP contribution in [0.2, 0.25) is 0 Å². The summed E-state index contributed by atoms with van der Waals surface area (Å²) in [7, 11) is 0. The van der Waals surface area contributed by atoms with E-state index in [0.29, 0.717) is 17.8 Å².